The molecule has 3 heteroatoms. The lowest BCUT2D eigenvalue weighted by Crippen LogP contribution is -2.11. The van der Waals surface area contributed by atoms with Crippen molar-refractivity contribution >= 4 is 17.7 Å². The van der Waals surface area contributed by atoms with Gasteiger partial charge < -0.3 is 9.64 Å². The Morgan fingerprint density at radius 1 is 1.06 bits per heavy atom. The molecule has 0 unspecified atom stereocenters. The molecule has 0 aliphatic rings. The van der Waals surface area contributed by atoms with Gasteiger partial charge in [0.05, 0.1) is 12.8 Å². The minimum Gasteiger partial charge on any atom is -0.497 e. The molecule has 0 N–H and O–H groups in total. The maximum Gasteiger partial charge on any atom is 0.152 e. The Labute approximate surface area is 107 Å². The molecule has 0 fully saturated rings. The zero-order chi connectivity index (χ0) is 13.0. The Morgan fingerprint density at radius 2 is 1.72 bits per heavy atom. The Balaban J connectivity index is 2.34. The normalized spacial score (nSPS) is 9.89. The molecule has 0 radical (unpaired) electrons. The van der Waals surface area contributed by atoms with E-state index in [0.29, 0.717) is 5.56 Å². The zero-order valence-corrected chi connectivity index (χ0v) is 10.5. The number of rotatable bonds is 4. The van der Waals surface area contributed by atoms with Crippen LogP contribution >= 0.6 is 0 Å². The van der Waals surface area contributed by atoms with Crippen LogP contribution in [0.2, 0.25) is 0 Å². The van der Waals surface area contributed by atoms with Crippen molar-refractivity contribution in [1.29, 1.82) is 0 Å². The van der Waals surface area contributed by atoms with Crippen molar-refractivity contribution in [2.45, 2.75) is 0 Å². The van der Waals surface area contributed by atoms with E-state index in [-0.39, 0.29) is 0 Å². The fourth-order valence-corrected chi connectivity index (χ4v) is 1.84. The highest BCUT2D eigenvalue weighted by atomic mass is 16.5. The van der Waals surface area contributed by atoms with E-state index in [9.17, 15) is 4.79 Å². The molecule has 2 aromatic rings. The summed E-state index contributed by atoms with van der Waals surface area (Å²) >= 11 is 0. The predicted octanol–water partition coefficient (Wildman–Crippen LogP) is 3.28. The molecule has 18 heavy (non-hydrogen) atoms. The number of nitrogens with zero attached hydrogens (tertiary/aromatic N) is 1. The summed E-state index contributed by atoms with van der Waals surface area (Å²) in [4.78, 5) is 13.0. The molecular formula is C15H15NO2. The van der Waals surface area contributed by atoms with Crippen LogP contribution in [0.15, 0.2) is 48.5 Å². The van der Waals surface area contributed by atoms with Crippen LogP contribution in [0.3, 0.4) is 0 Å². The fourth-order valence-electron chi connectivity index (χ4n) is 1.84. The third kappa shape index (κ3) is 2.35. The molecule has 3 nitrogen and oxygen atoms in total. The van der Waals surface area contributed by atoms with Gasteiger partial charge in [-0.2, -0.15) is 0 Å². The third-order valence-electron chi connectivity index (χ3n) is 2.88. The molecule has 0 aliphatic heterocycles. The summed E-state index contributed by atoms with van der Waals surface area (Å²) in [5, 5.41) is 0. The van der Waals surface area contributed by atoms with E-state index >= 15 is 0 Å². The van der Waals surface area contributed by atoms with Gasteiger partial charge in [0.2, 0.25) is 0 Å². The van der Waals surface area contributed by atoms with Crippen LogP contribution in [-0.2, 0) is 0 Å². The predicted molar refractivity (Wildman–Crippen MR) is 72.9 cm³/mol. The van der Waals surface area contributed by atoms with Crippen LogP contribution < -0.4 is 9.64 Å². The summed E-state index contributed by atoms with van der Waals surface area (Å²) in [5.74, 6) is 0.816. The van der Waals surface area contributed by atoms with E-state index in [4.69, 9.17) is 4.74 Å². The number of carbonyl (C=O) groups is 1. The Morgan fingerprint density at radius 3 is 2.33 bits per heavy atom. The molecule has 2 aromatic carbocycles. The number of anilines is 2. The van der Waals surface area contributed by atoms with E-state index in [1.807, 2.05) is 60.5 Å². The first-order chi connectivity index (χ1) is 8.76. The maximum atomic E-state index is 11.0. The van der Waals surface area contributed by atoms with E-state index < -0.39 is 0 Å². The van der Waals surface area contributed by atoms with Crippen molar-refractivity contribution in [3.05, 3.63) is 54.1 Å². The summed E-state index contributed by atoms with van der Waals surface area (Å²) in [5.41, 5.74) is 2.57. The number of hydrogen-bond acceptors (Lipinski definition) is 3. The Hall–Kier alpha value is -2.29. The van der Waals surface area contributed by atoms with Gasteiger partial charge in [0.1, 0.15) is 5.75 Å². The number of hydrogen-bond donors (Lipinski definition) is 0. The lowest BCUT2D eigenvalue weighted by molar-refractivity contribution is 0.112. The molecule has 0 saturated carbocycles. The lowest BCUT2D eigenvalue weighted by atomic mass is 10.1. The number of methoxy groups -OCH3 is 1. The van der Waals surface area contributed by atoms with E-state index in [2.05, 4.69) is 0 Å². The van der Waals surface area contributed by atoms with Gasteiger partial charge in [-0.1, -0.05) is 12.1 Å². The van der Waals surface area contributed by atoms with Gasteiger partial charge in [-0.15, -0.1) is 0 Å². The van der Waals surface area contributed by atoms with Gasteiger partial charge in [-0.25, -0.2) is 0 Å². The summed E-state index contributed by atoms with van der Waals surface area (Å²) in [6, 6.07) is 15.2. The van der Waals surface area contributed by atoms with Crippen molar-refractivity contribution in [2.75, 3.05) is 19.1 Å². The molecule has 0 spiro atoms. The van der Waals surface area contributed by atoms with Gasteiger partial charge in [-0.05, 0) is 36.4 Å². The highest BCUT2D eigenvalue weighted by molar-refractivity contribution is 5.86. The smallest absolute Gasteiger partial charge is 0.152 e. The lowest BCUT2D eigenvalue weighted by Gasteiger charge is -2.21. The van der Waals surface area contributed by atoms with Crippen LogP contribution in [0.25, 0.3) is 0 Å². The van der Waals surface area contributed by atoms with Gasteiger partial charge in [0, 0.05) is 18.3 Å². The minimum atomic E-state index is 0.677. The van der Waals surface area contributed by atoms with Gasteiger partial charge >= 0.3 is 0 Å². The highest BCUT2D eigenvalue weighted by Gasteiger charge is 2.08. The topological polar surface area (TPSA) is 29.5 Å². The average molecular weight is 241 g/mol. The molecule has 2 rings (SSSR count). The first-order valence-electron chi connectivity index (χ1n) is 5.68. The largest absolute Gasteiger partial charge is 0.497 e. The monoisotopic (exact) mass is 241 g/mol. The van der Waals surface area contributed by atoms with Crippen molar-refractivity contribution in [3.63, 3.8) is 0 Å². The Bertz CT molecular complexity index is 534. The molecule has 92 valence electrons. The SMILES string of the molecule is COc1ccc(N(C)c2ccccc2C=O)cc1. The standard InChI is InChI=1S/C15H15NO2/c1-16(13-7-9-14(18-2)10-8-13)15-6-4-3-5-12(15)11-17/h3-11H,1-2H3. The molecule has 0 aliphatic carbocycles. The molecule has 0 bridgehead atoms. The first kappa shape index (κ1) is 12.2. The van der Waals surface area contributed by atoms with E-state index in [1.54, 1.807) is 7.11 Å². The van der Waals surface area contributed by atoms with Crippen molar-refractivity contribution in [3.8, 4) is 5.75 Å². The van der Waals surface area contributed by atoms with Crippen LogP contribution in [0.5, 0.6) is 5.75 Å². The Kier molecular flexibility index (Phi) is 3.63. The third-order valence-corrected chi connectivity index (χ3v) is 2.88. The zero-order valence-electron chi connectivity index (χ0n) is 10.5. The van der Waals surface area contributed by atoms with Crippen molar-refractivity contribution in [1.82, 2.24) is 0 Å². The van der Waals surface area contributed by atoms with Gasteiger partial charge in [-0.3, -0.25) is 4.79 Å². The number of para-hydroxylation sites is 1. The van der Waals surface area contributed by atoms with E-state index in [1.165, 1.54) is 0 Å². The molecule has 0 heterocycles. The van der Waals surface area contributed by atoms with E-state index in [0.717, 1.165) is 23.4 Å². The fraction of sp³-hybridized carbons (Fsp3) is 0.133. The van der Waals surface area contributed by atoms with Crippen molar-refractivity contribution < 1.29 is 9.53 Å². The minimum absolute atomic E-state index is 0.677. The van der Waals surface area contributed by atoms with Gasteiger partial charge in [0.15, 0.2) is 6.29 Å². The van der Waals surface area contributed by atoms with Crippen molar-refractivity contribution in [2.24, 2.45) is 0 Å². The van der Waals surface area contributed by atoms with Crippen LogP contribution in [0.1, 0.15) is 10.4 Å². The second-order valence-electron chi connectivity index (χ2n) is 3.93. The summed E-state index contributed by atoms with van der Waals surface area (Å²) in [6.07, 6.45) is 0.870. The second kappa shape index (κ2) is 5.36. The average Bonchev–Trinajstić information content (AvgIpc) is 2.46. The number of ether oxygens (including phenoxy) is 1. The van der Waals surface area contributed by atoms with Gasteiger partial charge in [0.25, 0.3) is 0 Å². The molecule has 0 amide bonds. The second-order valence-corrected chi connectivity index (χ2v) is 3.93. The number of benzene rings is 2. The summed E-state index contributed by atoms with van der Waals surface area (Å²) in [6.45, 7) is 0. The quantitative estimate of drug-likeness (QED) is 0.769. The summed E-state index contributed by atoms with van der Waals surface area (Å²) in [7, 11) is 3.57. The highest BCUT2D eigenvalue weighted by Crippen LogP contribution is 2.27. The maximum absolute atomic E-state index is 11.0. The van der Waals surface area contributed by atoms with Crippen LogP contribution in [0.4, 0.5) is 11.4 Å². The molecule has 0 atom stereocenters. The van der Waals surface area contributed by atoms with Crippen LogP contribution in [0, 0.1) is 0 Å². The molecular weight excluding hydrogens is 226 g/mol. The molecule has 0 saturated heterocycles. The molecule has 0 aromatic heterocycles. The first-order valence-corrected chi connectivity index (χ1v) is 5.68. The summed E-state index contributed by atoms with van der Waals surface area (Å²) < 4.78 is 5.12. The van der Waals surface area contributed by atoms with Crippen LogP contribution in [-0.4, -0.2) is 20.4 Å². The number of aldehydes is 1. The number of carbonyl (C=O) groups excluding carboxylic acids is 1.